The molecule has 0 bridgehead atoms. The summed E-state index contributed by atoms with van der Waals surface area (Å²) in [5, 5.41) is 18.0. The van der Waals surface area contributed by atoms with E-state index in [-0.39, 0.29) is 13.2 Å². The van der Waals surface area contributed by atoms with E-state index in [2.05, 4.69) is 0 Å². The van der Waals surface area contributed by atoms with Crippen molar-refractivity contribution in [1.82, 2.24) is 0 Å². The smallest absolute Gasteiger partial charge is 0.164 e. The van der Waals surface area contributed by atoms with Crippen LogP contribution in [0.5, 0.6) is 0 Å². The monoisotopic (exact) mass is 176 g/mol. The molecule has 0 aromatic carbocycles. The topological polar surface area (TPSA) is 58.9 Å². The summed E-state index contributed by atoms with van der Waals surface area (Å²) in [6, 6.07) is 0. The average Bonchev–Trinajstić information content (AvgIpc) is 2.22. The zero-order valence-electron chi connectivity index (χ0n) is 7.70. The molecule has 0 aliphatic carbocycles. The number of aliphatic hydroxyl groups is 2. The van der Waals surface area contributed by atoms with Gasteiger partial charge in [0.1, 0.15) is 11.7 Å². The van der Waals surface area contributed by atoms with Gasteiger partial charge in [-0.15, -0.1) is 0 Å². The van der Waals surface area contributed by atoms with Gasteiger partial charge in [-0.25, -0.2) is 0 Å². The second kappa shape index (κ2) is 2.96. The van der Waals surface area contributed by atoms with Crippen molar-refractivity contribution in [2.45, 2.75) is 38.3 Å². The third-order valence-corrected chi connectivity index (χ3v) is 2.07. The Morgan fingerprint density at radius 1 is 1.25 bits per heavy atom. The average molecular weight is 176 g/mol. The lowest BCUT2D eigenvalue weighted by Crippen LogP contribution is -2.42. The maximum atomic E-state index is 9.04. The van der Waals surface area contributed by atoms with Gasteiger partial charge in [-0.05, 0) is 20.8 Å². The number of rotatable bonds is 2. The molecule has 0 unspecified atom stereocenters. The minimum atomic E-state index is -0.780. The molecule has 72 valence electrons. The molecule has 2 N–H and O–H groups in total. The molecule has 1 aliphatic heterocycles. The van der Waals surface area contributed by atoms with Crippen LogP contribution < -0.4 is 0 Å². The van der Waals surface area contributed by atoms with Crippen molar-refractivity contribution in [2.24, 2.45) is 0 Å². The molecule has 4 heteroatoms. The van der Waals surface area contributed by atoms with Crippen molar-refractivity contribution in [3.63, 3.8) is 0 Å². The summed E-state index contributed by atoms with van der Waals surface area (Å²) in [6.45, 7) is 4.96. The Kier molecular flexibility index (Phi) is 2.45. The fourth-order valence-electron chi connectivity index (χ4n) is 1.48. The molecular formula is C8H16O4. The quantitative estimate of drug-likeness (QED) is 0.616. The van der Waals surface area contributed by atoms with E-state index in [1.165, 1.54) is 0 Å². The van der Waals surface area contributed by atoms with Crippen molar-refractivity contribution in [3.05, 3.63) is 0 Å². The molecular weight excluding hydrogens is 160 g/mol. The molecule has 0 spiro atoms. The van der Waals surface area contributed by atoms with Crippen LogP contribution in [0.15, 0.2) is 0 Å². The summed E-state index contributed by atoms with van der Waals surface area (Å²) in [6.07, 6.45) is -0.447. The van der Waals surface area contributed by atoms with E-state index in [0.29, 0.717) is 0 Å². The third kappa shape index (κ3) is 1.61. The van der Waals surface area contributed by atoms with Gasteiger partial charge in [0.15, 0.2) is 5.79 Å². The number of hydrogen-bond donors (Lipinski definition) is 2. The van der Waals surface area contributed by atoms with Crippen LogP contribution in [0.1, 0.15) is 20.8 Å². The molecule has 12 heavy (non-hydrogen) atoms. The molecule has 1 saturated heterocycles. The van der Waals surface area contributed by atoms with Crippen LogP contribution in [0.2, 0.25) is 0 Å². The highest BCUT2D eigenvalue weighted by atomic mass is 16.8. The van der Waals surface area contributed by atoms with Crippen LogP contribution in [-0.4, -0.2) is 40.9 Å². The van der Waals surface area contributed by atoms with Gasteiger partial charge in [0, 0.05) is 0 Å². The van der Waals surface area contributed by atoms with Gasteiger partial charge in [-0.2, -0.15) is 0 Å². The van der Waals surface area contributed by atoms with Crippen LogP contribution >= 0.6 is 0 Å². The van der Waals surface area contributed by atoms with E-state index >= 15 is 0 Å². The van der Waals surface area contributed by atoms with Crippen molar-refractivity contribution in [3.8, 4) is 0 Å². The SMILES string of the molecule is CC1(C)O[C@@H](CO)[C@@](C)(CO)O1. The molecule has 4 nitrogen and oxygen atoms in total. The maximum Gasteiger partial charge on any atom is 0.164 e. The van der Waals surface area contributed by atoms with Crippen molar-refractivity contribution in [2.75, 3.05) is 13.2 Å². The fraction of sp³-hybridized carbons (Fsp3) is 1.00. The fourth-order valence-corrected chi connectivity index (χ4v) is 1.48. The first kappa shape index (κ1) is 9.92. The summed E-state index contributed by atoms with van der Waals surface area (Å²) in [4.78, 5) is 0. The Hall–Kier alpha value is -0.160. The highest BCUT2D eigenvalue weighted by Crippen LogP contribution is 2.35. The predicted octanol–water partition coefficient (Wildman–Crippen LogP) is -0.119. The molecule has 1 fully saturated rings. The third-order valence-electron chi connectivity index (χ3n) is 2.07. The lowest BCUT2D eigenvalue weighted by atomic mass is 10.0. The molecule has 2 atom stereocenters. The second-order valence-corrected chi connectivity index (χ2v) is 3.76. The van der Waals surface area contributed by atoms with Crippen molar-refractivity contribution in [1.29, 1.82) is 0 Å². The Labute approximate surface area is 72.1 Å². The van der Waals surface area contributed by atoms with E-state index in [9.17, 15) is 0 Å². The van der Waals surface area contributed by atoms with Crippen molar-refractivity contribution >= 4 is 0 Å². The Morgan fingerprint density at radius 2 is 1.83 bits per heavy atom. The van der Waals surface area contributed by atoms with Crippen LogP contribution in [0, 0.1) is 0 Å². The van der Waals surface area contributed by atoms with Gasteiger partial charge < -0.3 is 19.7 Å². The van der Waals surface area contributed by atoms with E-state index in [1.54, 1.807) is 20.8 Å². The molecule has 0 aromatic rings. The van der Waals surface area contributed by atoms with Gasteiger partial charge in [0.2, 0.25) is 0 Å². The molecule has 0 saturated carbocycles. The summed E-state index contributed by atoms with van der Waals surface area (Å²) in [7, 11) is 0. The largest absolute Gasteiger partial charge is 0.394 e. The summed E-state index contributed by atoms with van der Waals surface area (Å²) in [5.41, 5.74) is -0.780. The molecule has 0 radical (unpaired) electrons. The number of hydrogen-bond acceptors (Lipinski definition) is 4. The summed E-state index contributed by atoms with van der Waals surface area (Å²) < 4.78 is 10.8. The number of ether oxygens (including phenoxy) is 2. The first-order chi connectivity index (χ1) is 5.43. The van der Waals surface area contributed by atoms with E-state index < -0.39 is 17.5 Å². The minimum absolute atomic E-state index is 0.138. The van der Waals surface area contributed by atoms with E-state index in [4.69, 9.17) is 19.7 Å². The Bertz CT molecular complexity index is 168. The molecule has 1 rings (SSSR count). The first-order valence-electron chi connectivity index (χ1n) is 4.03. The van der Waals surface area contributed by atoms with Crippen LogP contribution in [0.3, 0.4) is 0 Å². The van der Waals surface area contributed by atoms with Crippen LogP contribution in [-0.2, 0) is 9.47 Å². The van der Waals surface area contributed by atoms with Gasteiger partial charge >= 0.3 is 0 Å². The zero-order valence-corrected chi connectivity index (χ0v) is 7.70. The van der Waals surface area contributed by atoms with Crippen LogP contribution in [0.4, 0.5) is 0 Å². The minimum Gasteiger partial charge on any atom is -0.394 e. The first-order valence-corrected chi connectivity index (χ1v) is 4.03. The van der Waals surface area contributed by atoms with E-state index in [0.717, 1.165) is 0 Å². The highest BCUT2D eigenvalue weighted by molar-refractivity contribution is 4.91. The zero-order chi connectivity index (χ0) is 9.41. The lowest BCUT2D eigenvalue weighted by molar-refractivity contribution is -0.167. The summed E-state index contributed by atoms with van der Waals surface area (Å²) >= 11 is 0. The van der Waals surface area contributed by atoms with Crippen LogP contribution in [0.25, 0.3) is 0 Å². The Balaban J connectivity index is 2.76. The summed E-state index contributed by atoms with van der Waals surface area (Å²) in [5.74, 6) is -0.717. The lowest BCUT2D eigenvalue weighted by Gasteiger charge is -2.25. The van der Waals surface area contributed by atoms with Gasteiger partial charge in [0.25, 0.3) is 0 Å². The highest BCUT2D eigenvalue weighted by Gasteiger charge is 2.49. The molecule has 1 aliphatic rings. The van der Waals surface area contributed by atoms with Gasteiger partial charge in [-0.1, -0.05) is 0 Å². The number of aliphatic hydroxyl groups excluding tert-OH is 2. The molecule has 0 aromatic heterocycles. The second-order valence-electron chi connectivity index (χ2n) is 3.76. The van der Waals surface area contributed by atoms with E-state index in [1.807, 2.05) is 0 Å². The van der Waals surface area contributed by atoms with Gasteiger partial charge in [0.05, 0.1) is 13.2 Å². The molecule has 1 heterocycles. The molecule has 0 amide bonds. The standard InChI is InChI=1S/C8H16O4/c1-7(2)11-6(4-9)8(3,5-10)12-7/h6,9-10H,4-5H2,1-3H3/t6-,8+/m0/s1. The maximum absolute atomic E-state index is 9.04. The Morgan fingerprint density at radius 3 is 2.17 bits per heavy atom. The van der Waals surface area contributed by atoms with Crippen molar-refractivity contribution < 1.29 is 19.7 Å². The normalized spacial score (nSPS) is 40.2. The predicted molar refractivity (Wildman–Crippen MR) is 42.6 cm³/mol. The van der Waals surface area contributed by atoms with Gasteiger partial charge in [-0.3, -0.25) is 0 Å².